The molecule has 16 heavy (non-hydrogen) atoms. The van der Waals surface area contributed by atoms with E-state index in [9.17, 15) is 0 Å². The predicted octanol–water partition coefficient (Wildman–Crippen LogP) is 4.91. The zero-order valence-electron chi connectivity index (χ0n) is 8.24. The molecule has 0 radical (unpaired) electrons. The van der Waals surface area contributed by atoms with E-state index < -0.39 is 0 Å². The Morgan fingerprint density at radius 1 is 0.812 bits per heavy atom. The SMILES string of the molecule is Brc1ccc2c(cnc3ccc(Br)cc32)c1. The van der Waals surface area contributed by atoms with Gasteiger partial charge in [0.25, 0.3) is 0 Å². The summed E-state index contributed by atoms with van der Waals surface area (Å²) in [7, 11) is 0. The van der Waals surface area contributed by atoms with E-state index in [0.29, 0.717) is 0 Å². The van der Waals surface area contributed by atoms with Crippen molar-refractivity contribution in [1.29, 1.82) is 0 Å². The van der Waals surface area contributed by atoms with Crippen LogP contribution in [0.5, 0.6) is 0 Å². The first-order valence-electron chi connectivity index (χ1n) is 4.87. The molecule has 0 unspecified atom stereocenters. The van der Waals surface area contributed by atoms with E-state index in [1.807, 2.05) is 18.3 Å². The standard InChI is InChI=1S/C13H7Br2N/c14-9-1-3-11-8(5-9)7-16-13-4-2-10(15)6-12(11)13/h1-7H. The first kappa shape index (κ1) is 10.2. The van der Waals surface area contributed by atoms with Crippen molar-refractivity contribution in [2.45, 2.75) is 0 Å². The Morgan fingerprint density at radius 2 is 1.56 bits per heavy atom. The molecule has 0 saturated carbocycles. The van der Waals surface area contributed by atoms with Crippen LogP contribution in [0, 0.1) is 0 Å². The van der Waals surface area contributed by atoms with E-state index >= 15 is 0 Å². The van der Waals surface area contributed by atoms with Gasteiger partial charge in [-0.15, -0.1) is 0 Å². The minimum atomic E-state index is 1.03. The molecule has 0 atom stereocenters. The Hall–Kier alpha value is -0.930. The number of fused-ring (bicyclic) bond motifs is 3. The molecule has 78 valence electrons. The van der Waals surface area contributed by atoms with Crippen LogP contribution in [0.4, 0.5) is 0 Å². The Labute approximate surface area is 110 Å². The van der Waals surface area contributed by atoms with E-state index in [1.165, 1.54) is 10.8 Å². The molecule has 3 heteroatoms. The number of pyridine rings is 1. The first-order valence-corrected chi connectivity index (χ1v) is 6.46. The van der Waals surface area contributed by atoms with E-state index in [-0.39, 0.29) is 0 Å². The van der Waals surface area contributed by atoms with Crippen LogP contribution >= 0.6 is 31.9 Å². The molecule has 0 saturated heterocycles. The average molecular weight is 337 g/mol. The molecule has 0 spiro atoms. The van der Waals surface area contributed by atoms with Crippen molar-refractivity contribution in [1.82, 2.24) is 4.98 Å². The van der Waals surface area contributed by atoms with Gasteiger partial charge in [-0.1, -0.05) is 37.9 Å². The second-order valence-corrected chi connectivity index (χ2v) is 5.48. The summed E-state index contributed by atoms with van der Waals surface area (Å²) in [4.78, 5) is 4.45. The highest BCUT2D eigenvalue weighted by atomic mass is 79.9. The maximum Gasteiger partial charge on any atom is 0.0709 e. The van der Waals surface area contributed by atoms with Crippen LogP contribution in [-0.4, -0.2) is 4.98 Å². The van der Waals surface area contributed by atoms with Crippen molar-refractivity contribution in [3.05, 3.63) is 51.5 Å². The number of hydrogen-bond acceptors (Lipinski definition) is 1. The minimum Gasteiger partial charge on any atom is -0.256 e. The fraction of sp³-hybridized carbons (Fsp3) is 0. The summed E-state index contributed by atoms with van der Waals surface area (Å²) >= 11 is 6.97. The van der Waals surface area contributed by atoms with Gasteiger partial charge < -0.3 is 0 Å². The van der Waals surface area contributed by atoms with Crippen molar-refractivity contribution >= 4 is 53.5 Å². The molecule has 3 aromatic rings. The van der Waals surface area contributed by atoms with Crippen LogP contribution in [-0.2, 0) is 0 Å². The number of hydrogen-bond donors (Lipinski definition) is 0. The lowest BCUT2D eigenvalue weighted by Gasteiger charge is -2.04. The summed E-state index contributed by atoms with van der Waals surface area (Å²) < 4.78 is 2.16. The molecule has 0 amide bonds. The highest BCUT2D eigenvalue weighted by Gasteiger charge is 2.02. The van der Waals surface area contributed by atoms with Gasteiger partial charge >= 0.3 is 0 Å². The highest BCUT2D eigenvalue weighted by Crippen LogP contribution is 2.28. The topological polar surface area (TPSA) is 12.9 Å². The van der Waals surface area contributed by atoms with Gasteiger partial charge in [0.1, 0.15) is 0 Å². The molecule has 1 aromatic heterocycles. The van der Waals surface area contributed by atoms with Crippen molar-refractivity contribution < 1.29 is 0 Å². The normalized spacial score (nSPS) is 11.1. The third-order valence-corrected chi connectivity index (χ3v) is 3.59. The van der Waals surface area contributed by atoms with Crippen molar-refractivity contribution in [2.75, 3.05) is 0 Å². The van der Waals surface area contributed by atoms with Crippen LogP contribution < -0.4 is 0 Å². The highest BCUT2D eigenvalue weighted by molar-refractivity contribution is 9.10. The smallest absolute Gasteiger partial charge is 0.0709 e. The van der Waals surface area contributed by atoms with E-state index in [4.69, 9.17) is 0 Å². The van der Waals surface area contributed by atoms with Crippen LogP contribution in [0.15, 0.2) is 51.5 Å². The van der Waals surface area contributed by atoms with E-state index in [1.54, 1.807) is 0 Å². The largest absolute Gasteiger partial charge is 0.256 e. The molecule has 0 bridgehead atoms. The molecule has 1 heterocycles. The van der Waals surface area contributed by atoms with Crippen LogP contribution in [0.25, 0.3) is 21.7 Å². The quantitative estimate of drug-likeness (QED) is 0.531. The second kappa shape index (κ2) is 3.82. The third kappa shape index (κ3) is 1.64. The van der Waals surface area contributed by atoms with Gasteiger partial charge in [0.2, 0.25) is 0 Å². The van der Waals surface area contributed by atoms with Crippen molar-refractivity contribution in [2.24, 2.45) is 0 Å². The monoisotopic (exact) mass is 335 g/mol. The van der Waals surface area contributed by atoms with Gasteiger partial charge in [0.15, 0.2) is 0 Å². The number of halogens is 2. The number of nitrogens with zero attached hydrogens (tertiary/aromatic N) is 1. The molecular weight excluding hydrogens is 330 g/mol. The lowest BCUT2D eigenvalue weighted by Crippen LogP contribution is -1.82. The minimum absolute atomic E-state index is 1.03. The van der Waals surface area contributed by atoms with Crippen molar-refractivity contribution in [3.63, 3.8) is 0 Å². The molecule has 3 rings (SSSR count). The summed E-state index contributed by atoms with van der Waals surface area (Å²) in [6, 6.07) is 12.4. The lowest BCUT2D eigenvalue weighted by molar-refractivity contribution is 1.44. The Kier molecular flexibility index (Phi) is 2.45. The zero-order chi connectivity index (χ0) is 11.1. The lowest BCUT2D eigenvalue weighted by atomic mass is 10.1. The van der Waals surface area contributed by atoms with Crippen LogP contribution in [0.1, 0.15) is 0 Å². The summed E-state index contributed by atoms with van der Waals surface area (Å²) in [5, 5.41) is 3.56. The zero-order valence-corrected chi connectivity index (χ0v) is 11.4. The maximum atomic E-state index is 4.45. The Bertz CT molecular complexity index is 692. The molecule has 0 fully saturated rings. The first-order chi connectivity index (χ1) is 7.74. The summed E-state index contributed by atoms with van der Waals surface area (Å²) in [6.45, 7) is 0. The average Bonchev–Trinajstić information content (AvgIpc) is 2.28. The number of aromatic nitrogens is 1. The fourth-order valence-corrected chi connectivity index (χ4v) is 2.60. The predicted molar refractivity (Wildman–Crippen MR) is 74.6 cm³/mol. The number of benzene rings is 2. The maximum absolute atomic E-state index is 4.45. The van der Waals surface area contributed by atoms with E-state index in [0.717, 1.165) is 19.8 Å². The van der Waals surface area contributed by atoms with Crippen LogP contribution in [0.3, 0.4) is 0 Å². The Balaban J connectivity index is 2.52. The van der Waals surface area contributed by atoms with Gasteiger partial charge in [-0.05, 0) is 35.7 Å². The molecular formula is C13H7Br2N. The molecule has 1 nitrogen and oxygen atoms in total. The Morgan fingerprint density at radius 3 is 2.44 bits per heavy atom. The third-order valence-electron chi connectivity index (χ3n) is 2.61. The molecule has 0 aliphatic carbocycles. The fourth-order valence-electron chi connectivity index (χ4n) is 1.86. The molecule has 2 aromatic carbocycles. The van der Waals surface area contributed by atoms with Crippen LogP contribution in [0.2, 0.25) is 0 Å². The van der Waals surface area contributed by atoms with Gasteiger partial charge in [-0.25, -0.2) is 0 Å². The summed E-state index contributed by atoms with van der Waals surface area (Å²) in [5.74, 6) is 0. The van der Waals surface area contributed by atoms with Gasteiger partial charge in [-0.3, -0.25) is 4.98 Å². The summed E-state index contributed by atoms with van der Waals surface area (Å²) in [5.41, 5.74) is 1.03. The summed E-state index contributed by atoms with van der Waals surface area (Å²) in [6.07, 6.45) is 1.91. The molecule has 0 aliphatic heterocycles. The van der Waals surface area contributed by atoms with E-state index in [2.05, 4.69) is 61.1 Å². The van der Waals surface area contributed by atoms with Gasteiger partial charge in [0.05, 0.1) is 5.52 Å². The molecule has 0 N–H and O–H groups in total. The molecule has 0 aliphatic rings. The van der Waals surface area contributed by atoms with Gasteiger partial charge in [-0.2, -0.15) is 0 Å². The second-order valence-electron chi connectivity index (χ2n) is 3.65. The van der Waals surface area contributed by atoms with Gasteiger partial charge in [0, 0.05) is 25.9 Å². The number of rotatable bonds is 0. The van der Waals surface area contributed by atoms with Crippen molar-refractivity contribution in [3.8, 4) is 0 Å².